The maximum absolute atomic E-state index is 11.9. The van der Waals surface area contributed by atoms with Crippen molar-refractivity contribution in [3.8, 4) is 0 Å². The molecule has 1 N–H and O–H groups in total. The second kappa shape index (κ2) is 4.12. The van der Waals surface area contributed by atoms with Crippen LogP contribution in [0.25, 0.3) is 0 Å². The van der Waals surface area contributed by atoms with E-state index >= 15 is 0 Å². The standard InChI is InChI=1S/C12H21NO2/c1-9-5-7-12(8-6-9,11(14)15-2)13-10-3-4-10/h9-10,13H,3-8H2,1-2H3. The number of hydrogen-bond donors (Lipinski definition) is 1. The third-order valence-electron chi connectivity index (χ3n) is 3.76. The second-order valence-electron chi connectivity index (χ2n) is 5.17. The Labute approximate surface area is 91.6 Å². The molecule has 2 aliphatic rings. The zero-order valence-corrected chi connectivity index (χ0v) is 9.71. The number of methoxy groups -OCH3 is 1. The highest BCUT2D eigenvalue weighted by Gasteiger charge is 2.45. The molecule has 0 spiro atoms. The van der Waals surface area contributed by atoms with E-state index in [0.29, 0.717) is 6.04 Å². The van der Waals surface area contributed by atoms with Crippen LogP contribution < -0.4 is 5.32 Å². The molecule has 0 radical (unpaired) electrons. The topological polar surface area (TPSA) is 38.3 Å². The first kappa shape index (κ1) is 10.9. The monoisotopic (exact) mass is 211 g/mol. The first-order chi connectivity index (χ1) is 7.16. The van der Waals surface area contributed by atoms with Crippen molar-refractivity contribution in [2.75, 3.05) is 7.11 Å². The molecule has 0 bridgehead atoms. The van der Waals surface area contributed by atoms with Crippen molar-refractivity contribution in [1.82, 2.24) is 5.32 Å². The normalized spacial score (nSPS) is 36.3. The fourth-order valence-electron chi connectivity index (χ4n) is 2.48. The summed E-state index contributed by atoms with van der Waals surface area (Å²) in [5.41, 5.74) is -0.359. The summed E-state index contributed by atoms with van der Waals surface area (Å²) in [7, 11) is 1.50. The van der Waals surface area contributed by atoms with Crippen LogP contribution >= 0.6 is 0 Å². The van der Waals surface area contributed by atoms with Crippen LogP contribution in [0.1, 0.15) is 45.4 Å². The quantitative estimate of drug-likeness (QED) is 0.724. The Morgan fingerprint density at radius 2 is 1.87 bits per heavy atom. The number of rotatable bonds is 3. The summed E-state index contributed by atoms with van der Waals surface area (Å²) in [6, 6.07) is 0.567. The molecule has 0 aromatic rings. The van der Waals surface area contributed by atoms with Crippen LogP contribution in [0.4, 0.5) is 0 Å². The first-order valence-electron chi connectivity index (χ1n) is 6.02. The van der Waals surface area contributed by atoms with Crippen LogP contribution in [-0.2, 0) is 9.53 Å². The van der Waals surface area contributed by atoms with E-state index in [2.05, 4.69) is 12.2 Å². The van der Waals surface area contributed by atoms with Gasteiger partial charge in [-0.05, 0) is 44.4 Å². The van der Waals surface area contributed by atoms with Gasteiger partial charge in [-0.15, -0.1) is 0 Å². The molecule has 2 aliphatic carbocycles. The zero-order chi connectivity index (χ0) is 10.9. The van der Waals surface area contributed by atoms with E-state index in [9.17, 15) is 4.79 Å². The minimum Gasteiger partial charge on any atom is -0.468 e. The maximum Gasteiger partial charge on any atom is 0.326 e. The van der Waals surface area contributed by atoms with Crippen LogP contribution in [0.3, 0.4) is 0 Å². The van der Waals surface area contributed by atoms with Crippen LogP contribution in [0.15, 0.2) is 0 Å². The SMILES string of the molecule is COC(=O)C1(NC2CC2)CCC(C)CC1. The van der Waals surface area contributed by atoms with Gasteiger partial charge in [0.25, 0.3) is 0 Å². The average Bonchev–Trinajstić information content (AvgIpc) is 3.04. The van der Waals surface area contributed by atoms with Crippen molar-refractivity contribution in [2.45, 2.75) is 57.0 Å². The number of hydrogen-bond acceptors (Lipinski definition) is 3. The van der Waals surface area contributed by atoms with Gasteiger partial charge in [0.05, 0.1) is 7.11 Å². The molecule has 2 saturated carbocycles. The van der Waals surface area contributed by atoms with Gasteiger partial charge in [-0.3, -0.25) is 10.1 Å². The largest absolute Gasteiger partial charge is 0.468 e. The molecule has 86 valence electrons. The van der Waals surface area contributed by atoms with Gasteiger partial charge in [0, 0.05) is 6.04 Å². The molecule has 0 amide bonds. The fraction of sp³-hybridized carbons (Fsp3) is 0.917. The van der Waals surface area contributed by atoms with Gasteiger partial charge in [-0.1, -0.05) is 6.92 Å². The molecular formula is C12H21NO2. The Morgan fingerprint density at radius 3 is 2.33 bits per heavy atom. The average molecular weight is 211 g/mol. The molecule has 0 unspecified atom stereocenters. The molecule has 0 atom stereocenters. The van der Waals surface area contributed by atoms with Crippen LogP contribution in [0.5, 0.6) is 0 Å². The summed E-state index contributed by atoms with van der Waals surface area (Å²) < 4.78 is 4.96. The van der Waals surface area contributed by atoms with E-state index in [1.807, 2.05) is 0 Å². The third kappa shape index (κ3) is 2.33. The van der Waals surface area contributed by atoms with Gasteiger partial charge in [0.1, 0.15) is 5.54 Å². The summed E-state index contributed by atoms with van der Waals surface area (Å²) in [6.45, 7) is 2.26. The number of carbonyl (C=O) groups excluding carboxylic acids is 1. The Morgan fingerprint density at radius 1 is 1.27 bits per heavy atom. The second-order valence-corrected chi connectivity index (χ2v) is 5.17. The molecule has 3 nitrogen and oxygen atoms in total. The molecule has 0 aliphatic heterocycles. The summed E-state index contributed by atoms with van der Waals surface area (Å²) >= 11 is 0. The molecule has 0 heterocycles. The van der Waals surface area contributed by atoms with Gasteiger partial charge in [0.15, 0.2) is 0 Å². The fourth-order valence-corrected chi connectivity index (χ4v) is 2.48. The first-order valence-corrected chi connectivity index (χ1v) is 6.02. The summed E-state index contributed by atoms with van der Waals surface area (Å²) in [6.07, 6.45) is 6.58. The van der Waals surface area contributed by atoms with Crippen molar-refractivity contribution in [3.63, 3.8) is 0 Å². The minimum absolute atomic E-state index is 0.0544. The minimum atomic E-state index is -0.359. The Bertz CT molecular complexity index is 240. The molecule has 2 fully saturated rings. The molecule has 0 aromatic carbocycles. The van der Waals surface area contributed by atoms with E-state index < -0.39 is 0 Å². The molecule has 15 heavy (non-hydrogen) atoms. The summed E-state index contributed by atoms with van der Waals surface area (Å²) in [5.74, 6) is 0.699. The van der Waals surface area contributed by atoms with Crippen molar-refractivity contribution in [1.29, 1.82) is 0 Å². The van der Waals surface area contributed by atoms with Crippen LogP contribution in [0.2, 0.25) is 0 Å². The molecule has 3 heteroatoms. The van der Waals surface area contributed by atoms with Gasteiger partial charge in [-0.2, -0.15) is 0 Å². The number of carbonyl (C=O) groups is 1. The van der Waals surface area contributed by atoms with E-state index in [4.69, 9.17) is 4.74 Å². The van der Waals surface area contributed by atoms with Gasteiger partial charge < -0.3 is 4.74 Å². The molecule has 2 rings (SSSR count). The van der Waals surface area contributed by atoms with E-state index in [1.165, 1.54) is 20.0 Å². The highest BCUT2D eigenvalue weighted by molar-refractivity contribution is 5.81. The summed E-state index contributed by atoms with van der Waals surface area (Å²) in [4.78, 5) is 11.9. The van der Waals surface area contributed by atoms with Gasteiger partial charge in [-0.25, -0.2) is 0 Å². The van der Waals surface area contributed by atoms with E-state index in [0.717, 1.165) is 31.6 Å². The highest BCUT2D eigenvalue weighted by Crippen LogP contribution is 2.35. The Balaban J connectivity index is 2.03. The van der Waals surface area contributed by atoms with Crippen LogP contribution in [-0.4, -0.2) is 24.7 Å². The lowest BCUT2D eigenvalue weighted by atomic mass is 9.77. The Kier molecular flexibility index (Phi) is 3.01. The van der Waals surface area contributed by atoms with Crippen molar-refractivity contribution < 1.29 is 9.53 Å². The molecule has 0 aromatic heterocycles. The highest BCUT2D eigenvalue weighted by atomic mass is 16.5. The lowest BCUT2D eigenvalue weighted by molar-refractivity contribution is -0.150. The maximum atomic E-state index is 11.9. The number of nitrogens with one attached hydrogen (secondary N) is 1. The Hall–Kier alpha value is -0.570. The predicted octanol–water partition coefficient (Wildman–Crippen LogP) is 1.86. The molecular weight excluding hydrogens is 190 g/mol. The number of ether oxygens (including phenoxy) is 1. The zero-order valence-electron chi connectivity index (χ0n) is 9.71. The van der Waals surface area contributed by atoms with E-state index in [1.54, 1.807) is 0 Å². The third-order valence-corrected chi connectivity index (χ3v) is 3.76. The summed E-state index contributed by atoms with van der Waals surface area (Å²) in [5, 5.41) is 3.50. The molecule has 0 saturated heterocycles. The van der Waals surface area contributed by atoms with Gasteiger partial charge >= 0.3 is 5.97 Å². The van der Waals surface area contributed by atoms with Gasteiger partial charge in [0.2, 0.25) is 0 Å². The van der Waals surface area contributed by atoms with Crippen molar-refractivity contribution in [2.24, 2.45) is 5.92 Å². The van der Waals surface area contributed by atoms with E-state index in [-0.39, 0.29) is 11.5 Å². The van der Waals surface area contributed by atoms with Crippen molar-refractivity contribution >= 4 is 5.97 Å². The van der Waals surface area contributed by atoms with Crippen LogP contribution in [0, 0.1) is 5.92 Å². The lowest BCUT2D eigenvalue weighted by Crippen LogP contribution is -2.55. The lowest BCUT2D eigenvalue weighted by Gasteiger charge is -2.37. The predicted molar refractivity (Wildman–Crippen MR) is 58.5 cm³/mol. The smallest absolute Gasteiger partial charge is 0.326 e. The number of esters is 1. The van der Waals surface area contributed by atoms with Crippen molar-refractivity contribution in [3.05, 3.63) is 0 Å².